The molecule has 29 heavy (non-hydrogen) atoms. The maximum atomic E-state index is 12.3. The number of carboxylic acids is 1. The van der Waals surface area contributed by atoms with Crippen LogP contribution >= 0.6 is 15.9 Å². The normalized spacial score (nSPS) is 15.0. The van der Waals surface area contributed by atoms with Crippen LogP contribution in [0.25, 0.3) is 6.08 Å². The average molecular weight is 458 g/mol. The van der Waals surface area contributed by atoms with Gasteiger partial charge in [0, 0.05) is 6.42 Å². The Balaban J connectivity index is 1.64. The van der Waals surface area contributed by atoms with Gasteiger partial charge in [0.1, 0.15) is 17.2 Å². The molecule has 0 heterocycles. The molecule has 0 radical (unpaired) electrons. The van der Waals surface area contributed by atoms with Crippen LogP contribution in [0.4, 0.5) is 0 Å². The number of hydrogen-bond acceptors (Lipinski definition) is 3. The number of para-hydroxylation sites is 1. The Labute approximate surface area is 178 Å². The largest absolute Gasteiger partial charge is 0.477 e. The molecule has 2 aromatic carbocycles. The molecular formula is C23H24BrNO4. The van der Waals surface area contributed by atoms with Crippen LogP contribution in [0.1, 0.15) is 44.1 Å². The van der Waals surface area contributed by atoms with E-state index >= 15 is 0 Å². The zero-order valence-corrected chi connectivity index (χ0v) is 17.7. The first-order valence-corrected chi connectivity index (χ1v) is 10.6. The molecule has 0 saturated heterocycles. The minimum atomic E-state index is -1.16. The quantitative estimate of drug-likeness (QED) is 0.518. The molecule has 0 bridgehead atoms. The van der Waals surface area contributed by atoms with Gasteiger partial charge in [-0.15, -0.1) is 0 Å². The Morgan fingerprint density at radius 2 is 1.76 bits per heavy atom. The molecule has 5 nitrogen and oxygen atoms in total. The third-order valence-electron chi connectivity index (χ3n) is 4.96. The molecule has 0 unspecified atom stereocenters. The van der Waals surface area contributed by atoms with Crippen molar-refractivity contribution in [2.45, 2.75) is 38.5 Å². The van der Waals surface area contributed by atoms with Crippen LogP contribution in [-0.2, 0) is 9.59 Å². The number of nitrogens with one attached hydrogen (secondary N) is 1. The van der Waals surface area contributed by atoms with E-state index in [1.807, 2.05) is 24.3 Å². The van der Waals surface area contributed by atoms with Crippen LogP contribution in [0.3, 0.4) is 0 Å². The minimum absolute atomic E-state index is 0.120. The summed E-state index contributed by atoms with van der Waals surface area (Å²) in [5.74, 6) is 0.284. The number of carboxylic acid groups (broad SMARTS) is 1. The van der Waals surface area contributed by atoms with Crippen molar-refractivity contribution in [3.8, 4) is 11.5 Å². The number of rotatable bonds is 7. The van der Waals surface area contributed by atoms with E-state index in [-0.39, 0.29) is 11.6 Å². The van der Waals surface area contributed by atoms with Crippen LogP contribution in [-0.4, -0.2) is 17.0 Å². The van der Waals surface area contributed by atoms with Gasteiger partial charge in [-0.05, 0) is 70.6 Å². The second-order valence-electron chi connectivity index (χ2n) is 7.22. The molecule has 152 valence electrons. The molecule has 1 aliphatic rings. The van der Waals surface area contributed by atoms with Gasteiger partial charge in [0.05, 0.1) is 4.47 Å². The fourth-order valence-electron chi connectivity index (χ4n) is 3.46. The maximum Gasteiger partial charge on any atom is 0.352 e. The fraction of sp³-hybridized carbons (Fsp3) is 0.304. The predicted molar refractivity (Wildman–Crippen MR) is 116 cm³/mol. The second-order valence-corrected chi connectivity index (χ2v) is 8.08. The number of carbonyl (C=O) groups excluding carboxylic acids is 1. The molecule has 3 rings (SSSR count). The van der Waals surface area contributed by atoms with Crippen LogP contribution in [0, 0.1) is 5.92 Å². The number of aliphatic carboxylic acids is 1. The van der Waals surface area contributed by atoms with Crippen molar-refractivity contribution in [3.05, 3.63) is 64.3 Å². The molecule has 1 fully saturated rings. The van der Waals surface area contributed by atoms with Crippen molar-refractivity contribution in [3.63, 3.8) is 0 Å². The minimum Gasteiger partial charge on any atom is -0.477 e. The lowest BCUT2D eigenvalue weighted by Crippen LogP contribution is -2.29. The van der Waals surface area contributed by atoms with E-state index in [0.29, 0.717) is 29.4 Å². The van der Waals surface area contributed by atoms with Gasteiger partial charge >= 0.3 is 5.97 Å². The Bertz CT molecular complexity index is 886. The van der Waals surface area contributed by atoms with Gasteiger partial charge in [-0.25, -0.2) is 4.79 Å². The van der Waals surface area contributed by atoms with Gasteiger partial charge in [-0.2, -0.15) is 0 Å². The van der Waals surface area contributed by atoms with Gasteiger partial charge < -0.3 is 15.2 Å². The smallest absolute Gasteiger partial charge is 0.352 e. The van der Waals surface area contributed by atoms with Gasteiger partial charge in [-0.3, -0.25) is 4.79 Å². The van der Waals surface area contributed by atoms with Gasteiger partial charge in [0.2, 0.25) is 5.91 Å². The predicted octanol–water partition coefficient (Wildman–Crippen LogP) is 5.75. The van der Waals surface area contributed by atoms with Crippen LogP contribution in [0.2, 0.25) is 0 Å². The number of carbonyl (C=O) groups is 2. The van der Waals surface area contributed by atoms with E-state index in [4.69, 9.17) is 4.74 Å². The number of hydrogen-bond donors (Lipinski definition) is 2. The fourth-order valence-corrected chi connectivity index (χ4v) is 3.82. The summed E-state index contributed by atoms with van der Waals surface area (Å²) < 4.78 is 6.66. The molecular weight excluding hydrogens is 434 g/mol. The average Bonchev–Trinajstić information content (AvgIpc) is 2.71. The molecule has 0 atom stereocenters. The molecule has 2 N–H and O–H groups in total. The molecule has 2 aromatic rings. The van der Waals surface area contributed by atoms with Crippen molar-refractivity contribution in [1.82, 2.24) is 5.32 Å². The third kappa shape index (κ3) is 6.46. The van der Waals surface area contributed by atoms with Crippen LogP contribution in [0.15, 0.2) is 58.7 Å². The standard InChI is InChI=1S/C23H24BrNO4/c24-19-8-4-5-9-21(19)29-18-12-10-17(11-13-18)14-20(23(27)28)25-22(26)15-16-6-2-1-3-7-16/h4-5,8-14,16H,1-3,6-7,15H2,(H,25,26)(H,27,28)/b20-14+. The highest BCUT2D eigenvalue weighted by Gasteiger charge is 2.19. The summed E-state index contributed by atoms with van der Waals surface area (Å²) >= 11 is 3.44. The summed E-state index contributed by atoms with van der Waals surface area (Å²) in [6, 6.07) is 14.5. The topological polar surface area (TPSA) is 75.6 Å². The maximum absolute atomic E-state index is 12.3. The van der Waals surface area contributed by atoms with E-state index in [1.54, 1.807) is 24.3 Å². The highest BCUT2D eigenvalue weighted by Crippen LogP contribution is 2.29. The first-order chi connectivity index (χ1) is 14.0. The van der Waals surface area contributed by atoms with E-state index < -0.39 is 5.97 Å². The summed E-state index contributed by atoms with van der Waals surface area (Å²) in [6.07, 6.45) is 7.43. The van der Waals surface area contributed by atoms with E-state index in [0.717, 1.165) is 30.2 Å². The van der Waals surface area contributed by atoms with Crippen LogP contribution < -0.4 is 10.1 Å². The lowest BCUT2D eigenvalue weighted by Gasteiger charge is -2.20. The van der Waals surface area contributed by atoms with Gasteiger partial charge in [0.15, 0.2) is 0 Å². The molecule has 1 amide bonds. The number of amides is 1. The molecule has 1 saturated carbocycles. The highest BCUT2D eigenvalue weighted by atomic mass is 79.9. The summed E-state index contributed by atoms with van der Waals surface area (Å²) in [7, 11) is 0. The first-order valence-electron chi connectivity index (χ1n) is 9.78. The van der Waals surface area contributed by atoms with Crippen molar-refractivity contribution in [2.24, 2.45) is 5.92 Å². The Morgan fingerprint density at radius 1 is 1.07 bits per heavy atom. The summed E-state index contributed by atoms with van der Waals surface area (Å²) in [5, 5.41) is 12.0. The van der Waals surface area contributed by atoms with Gasteiger partial charge in [0.25, 0.3) is 0 Å². The number of ether oxygens (including phenoxy) is 1. The first kappa shape index (κ1) is 21.1. The molecule has 0 spiro atoms. The summed E-state index contributed by atoms with van der Waals surface area (Å²) in [5.41, 5.74) is 0.546. The van der Waals surface area contributed by atoms with Crippen molar-refractivity contribution in [1.29, 1.82) is 0 Å². The zero-order valence-electron chi connectivity index (χ0n) is 16.1. The van der Waals surface area contributed by atoms with E-state index in [9.17, 15) is 14.7 Å². The van der Waals surface area contributed by atoms with Gasteiger partial charge in [-0.1, -0.05) is 43.5 Å². The molecule has 1 aliphatic carbocycles. The number of halogens is 1. The summed E-state index contributed by atoms with van der Waals surface area (Å²) in [6.45, 7) is 0. The highest BCUT2D eigenvalue weighted by molar-refractivity contribution is 9.10. The SMILES string of the molecule is O=C(CC1CCCCC1)N/C(=C/c1ccc(Oc2ccccc2Br)cc1)C(=O)O. The lowest BCUT2D eigenvalue weighted by atomic mass is 9.87. The molecule has 0 aliphatic heterocycles. The van der Waals surface area contributed by atoms with Crippen molar-refractivity contribution >= 4 is 33.9 Å². The monoisotopic (exact) mass is 457 g/mol. The molecule has 6 heteroatoms. The van der Waals surface area contributed by atoms with E-state index in [1.165, 1.54) is 12.5 Å². The number of benzene rings is 2. The van der Waals surface area contributed by atoms with E-state index in [2.05, 4.69) is 21.2 Å². The Hall–Kier alpha value is -2.60. The zero-order chi connectivity index (χ0) is 20.6. The summed E-state index contributed by atoms with van der Waals surface area (Å²) in [4.78, 5) is 23.8. The van der Waals surface area contributed by atoms with Crippen molar-refractivity contribution < 1.29 is 19.4 Å². The lowest BCUT2D eigenvalue weighted by molar-refractivity contribution is -0.134. The molecule has 0 aromatic heterocycles. The Morgan fingerprint density at radius 3 is 2.41 bits per heavy atom. The van der Waals surface area contributed by atoms with Crippen molar-refractivity contribution in [2.75, 3.05) is 0 Å². The third-order valence-corrected chi connectivity index (χ3v) is 5.61. The van der Waals surface area contributed by atoms with Crippen LogP contribution in [0.5, 0.6) is 11.5 Å². The Kier molecular flexibility index (Phi) is 7.47. The second kappa shape index (κ2) is 10.3.